The summed E-state index contributed by atoms with van der Waals surface area (Å²) in [6.45, 7) is 14.9. The number of hydrogen-bond acceptors (Lipinski definition) is 3. The van der Waals surface area contributed by atoms with Crippen molar-refractivity contribution in [2.75, 3.05) is 26.2 Å². The van der Waals surface area contributed by atoms with E-state index in [0.717, 1.165) is 39.0 Å². The van der Waals surface area contributed by atoms with Gasteiger partial charge in [0.2, 0.25) is 5.91 Å². The van der Waals surface area contributed by atoms with E-state index in [1.54, 1.807) is 0 Å². The Labute approximate surface area is 118 Å². The first-order valence-corrected chi connectivity index (χ1v) is 7.78. The first kappa shape index (κ1) is 16.4. The Kier molecular flexibility index (Phi) is 6.80. The summed E-state index contributed by atoms with van der Waals surface area (Å²) < 4.78 is 0. The summed E-state index contributed by atoms with van der Waals surface area (Å²) in [5, 5.41) is 3.41. The van der Waals surface area contributed by atoms with Gasteiger partial charge in [0, 0.05) is 6.54 Å². The van der Waals surface area contributed by atoms with Gasteiger partial charge in [0.05, 0.1) is 12.2 Å². The summed E-state index contributed by atoms with van der Waals surface area (Å²) in [6, 6.07) is -0.0165. The molecular formula is C15H31N3O. The predicted octanol–water partition coefficient (Wildman–Crippen LogP) is 1.91. The first-order valence-electron chi connectivity index (χ1n) is 7.78. The smallest absolute Gasteiger partial charge is 0.240 e. The zero-order valence-electron chi connectivity index (χ0n) is 13.3. The van der Waals surface area contributed by atoms with Gasteiger partial charge in [-0.05, 0) is 45.3 Å². The summed E-state index contributed by atoms with van der Waals surface area (Å²) in [7, 11) is 0. The zero-order chi connectivity index (χ0) is 14.4. The Hall–Kier alpha value is -0.610. The lowest BCUT2D eigenvalue weighted by Crippen LogP contribution is -2.40. The third-order valence-corrected chi connectivity index (χ3v) is 3.93. The van der Waals surface area contributed by atoms with Crippen LogP contribution in [0.3, 0.4) is 0 Å². The van der Waals surface area contributed by atoms with Crippen LogP contribution < -0.4 is 5.32 Å². The summed E-state index contributed by atoms with van der Waals surface area (Å²) in [5.74, 6) is 0.881. The van der Waals surface area contributed by atoms with Crippen molar-refractivity contribution in [3.8, 4) is 0 Å². The van der Waals surface area contributed by atoms with Gasteiger partial charge < -0.3 is 9.80 Å². The molecule has 1 fully saturated rings. The Balaban J connectivity index is 2.45. The second-order valence-corrected chi connectivity index (χ2v) is 5.95. The number of hydrogen-bond donors (Lipinski definition) is 1. The van der Waals surface area contributed by atoms with Crippen LogP contribution in [0.2, 0.25) is 0 Å². The van der Waals surface area contributed by atoms with Gasteiger partial charge in [-0.2, -0.15) is 0 Å². The van der Waals surface area contributed by atoms with Crippen LogP contribution in [0, 0.1) is 5.92 Å². The van der Waals surface area contributed by atoms with E-state index < -0.39 is 0 Å². The molecule has 0 saturated carbocycles. The molecule has 1 saturated heterocycles. The highest BCUT2D eigenvalue weighted by molar-refractivity contribution is 5.83. The van der Waals surface area contributed by atoms with Crippen LogP contribution in [0.15, 0.2) is 0 Å². The van der Waals surface area contributed by atoms with Gasteiger partial charge in [-0.1, -0.05) is 27.7 Å². The van der Waals surface area contributed by atoms with E-state index in [9.17, 15) is 4.79 Å². The van der Waals surface area contributed by atoms with Gasteiger partial charge in [0.15, 0.2) is 0 Å². The molecule has 0 aromatic rings. The van der Waals surface area contributed by atoms with Crippen molar-refractivity contribution in [2.45, 2.75) is 59.7 Å². The van der Waals surface area contributed by atoms with Gasteiger partial charge in [0.25, 0.3) is 0 Å². The Morgan fingerprint density at radius 1 is 1.32 bits per heavy atom. The Bertz CT molecular complexity index is 277. The maximum Gasteiger partial charge on any atom is 0.240 e. The number of nitrogens with one attached hydrogen (secondary N) is 1. The van der Waals surface area contributed by atoms with Crippen molar-refractivity contribution in [2.24, 2.45) is 5.92 Å². The molecule has 1 aliphatic heterocycles. The summed E-state index contributed by atoms with van der Waals surface area (Å²) in [6.07, 6.45) is 2.34. The normalized spacial score (nSPS) is 23.9. The fraction of sp³-hybridized carbons (Fsp3) is 0.933. The molecule has 1 heterocycles. The molecule has 4 heteroatoms. The van der Waals surface area contributed by atoms with Crippen LogP contribution in [0.5, 0.6) is 0 Å². The molecule has 1 rings (SSSR count). The SMILES string of the molecule is CCN(CC)CCCN1C(=O)C(C)NC1CC(C)C. The minimum Gasteiger partial charge on any atom is -0.326 e. The van der Waals surface area contributed by atoms with Crippen LogP contribution in [0.4, 0.5) is 0 Å². The second-order valence-electron chi connectivity index (χ2n) is 5.95. The maximum atomic E-state index is 12.2. The Morgan fingerprint density at radius 3 is 2.47 bits per heavy atom. The molecular weight excluding hydrogens is 238 g/mol. The van der Waals surface area contributed by atoms with Crippen LogP contribution >= 0.6 is 0 Å². The summed E-state index contributed by atoms with van der Waals surface area (Å²) in [5.41, 5.74) is 0. The molecule has 1 amide bonds. The lowest BCUT2D eigenvalue weighted by Gasteiger charge is -2.27. The minimum absolute atomic E-state index is 0.0165. The van der Waals surface area contributed by atoms with Gasteiger partial charge in [-0.15, -0.1) is 0 Å². The molecule has 2 unspecified atom stereocenters. The van der Waals surface area contributed by atoms with Gasteiger partial charge in [0.1, 0.15) is 0 Å². The van der Waals surface area contributed by atoms with Crippen molar-refractivity contribution in [1.82, 2.24) is 15.1 Å². The molecule has 0 spiro atoms. The largest absolute Gasteiger partial charge is 0.326 e. The number of carbonyl (C=O) groups excluding carboxylic acids is 1. The van der Waals surface area contributed by atoms with Crippen LogP contribution in [0.1, 0.15) is 47.5 Å². The number of rotatable bonds is 8. The minimum atomic E-state index is -0.0165. The van der Waals surface area contributed by atoms with Crippen molar-refractivity contribution < 1.29 is 4.79 Å². The second kappa shape index (κ2) is 7.85. The van der Waals surface area contributed by atoms with E-state index in [1.807, 2.05) is 11.8 Å². The fourth-order valence-electron chi connectivity index (χ4n) is 2.76. The van der Waals surface area contributed by atoms with Crippen LogP contribution in [-0.4, -0.2) is 54.1 Å². The monoisotopic (exact) mass is 269 g/mol. The van der Waals surface area contributed by atoms with E-state index in [1.165, 1.54) is 0 Å². The predicted molar refractivity (Wildman–Crippen MR) is 80.0 cm³/mol. The first-order chi connectivity index (χ1) is 8.99. The highest BCUT2D eigenvalue weighted by atomic mass is 16.2. The summed E-state index contributed by atoms with van der Waals surface area (Å²) >= 11 is 0. The van der Waals surface area contributed by atoms with E-state index in [-0.39, 0.29) is 18.1 Å². The molecule has 1 N–H and O–H groups in total. The molecule has 19 heavy (non-hydrogen) atoms. The van der Waals surface area contributed by atoms with Crippen LogP contribution in [-0.2, 0) is 4.79 Å². The number of nitrogens with zero attached hydrogens (tertiary/aromatic N) is 2. The highest BCUT2D eigenvalue weighted by Gasteiger charge is 2.35. The van der Waals surface area contributed by atoms with Crippen molar-refractivity contribution in [3.63, 3.8) is 0 Å². The quantitative estimate of drug-likeness (QED) is 0.731. The van der Waals surface area contributed by atoms with E-state index in [4.69, 9.17) is 0 Å². The molecule has 0 bridgehead atoms. The lowest BCUT2D eigenvalue weighted by molar-refractivity contribution is -0.130. The molecule has 0 aromatic heterocycles. The third-order valence-electron chi connectivity index (χ3n) is 3.93. The topological polar surface area (TPSA) is 35.6 Å². The maximum absolute atomic E-state index is 12.2. The molecule has 0 radical (unpaired) electrons. The highest BCUT2D eigenvalue weighted by Crippen LogP contribution is 2.17. The zero-order valence-corrected chi connectivity index (χ0v) is 13.3. The average molecular weight is 269 g/mol. The molecule has 2 atom stereocenters. The van der Waals surface area contributed by atoms with Gasteiger partial charge in [-0.25, -0.2) is 0 Å². The average Bonchev–Trinajstić information content (AvgIpc) is 2.61. The fourth-order valence-corrected chi connectivity index (χ4v) is 2.76. The summed E-state index contributed by atoms with van der Waals surface area (Å²) in [4.78, 5) is 16.6. The lowest BCUT2D eigenvalue weighted by atomic mass is 10.1. The van der Waals surface area contributed by atoms with Gasteiger partial charge in [-0.3, -0.25) is 10.1 Å². The van der Waals surface area contributed by atoms with E-state index >= 15 is 0 Å². The standard InChI is InChI=1S/C15H31N3O/c1-6-17(7-2)9-8-10-18-14(11-12(3)4)16-13(5)15(18)19/h12-14,16H,6-11H2,1-5H3. The van der Waals surface area contributed by atoms with Crippen molar-refractivity contribution >= 4 is 5.91 Å². The molecule has 1 aliphatic rings. The molecule has 112 valence electrons. The Morgan fingerprint density at radius 2 is 1.95 bits per heavy atom. The molecule has 0 aromatic carbocycles. The third kappa shape index (κ3) is 4.77. The number of carbonyl (C=O) groups is 1. The van der Waals surface area contributed by atoms with Gasteiger partial charge >= 0.3 is 0 Å². The van der Waals surface area contributed by atoms with E-state index in [2.05, 4.69) is 37.9 Å². The van der Waals surface area contributed by atoms with E-state index in [0.29, 0.717) is 5.92 Å². The van der Waals surface area contributed by atoms with Crippen LogP contribution in [0.25, 0.3) is 0 Å². The van der Waals surface area contributed by atoms with Crippen molar-refractivity contribution in [3.05, 3.63) is 0 Å². The van der Waals surface area contributed by atoms with Crippen molar-refractivity contribution in [1.29, 1.82) is 0 Å². The number of amides is 1. The molecule has 0 aliphatic carbocycles. The molecule has 4 nitrogen and oxygen atoms in total.